The lowest BCUT2D eigenvalue weighted by molar-refractivity contribution is 0.0662. The molecule has 3 rings (SSSR count). The molecule has 2 aromatic carbocycles. The Hall–Kier alpha value is -1.46. The van der Waals surface area contributed by atoms with Crippen molar-refractivity contribution in [3.05, 3.63) is 57.1 Å². The predicted molar refractivity (Wildman–Crippen MR) is 117 cm³/mol. The molecule has 1 aliphatic rings. The zero-order valence-corrected chi connectivity index (χ0v) is 18.2. The van der Waals surface area contributed by atoms with Gasteiger partial charge in [0.25, 0.3) is 0 Å². The number of ether oxygens (including phenoxy) is 1. The van der Waals surface area contributed by atoms with Crippen molar-refractivity contribution < 1.29 is 9.84 Å². The summed E-state index contributed by atoms with van der Waals surface area (Å²) in [6, 6.07) is 9.84. The highest BCUT2D eigenvalue weighted by molar-refractivity contribution is 6.32. The van der Waals surface area contributed by atoms with Crippen LogP contribution in [0.5, 0.6) is 5.75 Å². The van der Waals surface area contributed by atoms with Gasteiger partial charge in [0.15, 0.2) is 0 Å². The zero-order chi connectivity index (χ0) is 20.3. The van der Waals surface area contributed by atoms with Crippen LogP contribution < -0.4 is 9.64 Å². The third kappa shape index (κ3) is 5.32. The van der Waals surface area contributed by atoms with Gasteiger partial charge in [0.2, 0.25) is 0 Å². The molecule has 0 bridgehead atoms. The third-order valence-electron chi connectivity index (χ3n) is 5.21. The van der Waals surface area contributed by atoms with Gasteiger partial charge in [-0.2, -0.15) is 0 Å². The van der Waals surface area contributed by atoms with Gasteiger partial charge in [-0.3, -0.25) is 4.90 Å². The summed E-state index contributed by atoms with van der Waals surface area (Å²) in [4.78, 5) is 4.64. The normalized spacial score (nSPS) is 16.3. The van der Waals surface area contributed by atoms with Crippen molar-refractivity contribution in [1.29, 1.82) is 0 Å². The first-order chi connectivity index (χ1) is 13.3. The van der Waals surface area contributed by atoms with Gasteiger partial charge in [-0.1, -0.05) is 29.3 Å². The summed E-state index contributed by atoms with van der Waals surface area (Å²) in [6.07, 6.45) is -0.532. The van der Waals surface area contributed by atoms with E-state index in [9.17, 15) is 5.11 Å². The van der Waals surface area contributed by atoms with Crippen molar-refractivity contribution in [2.24, 2.45) is 0 Å². The van der Waals surface area contributed by atoms with Gasteiger partial charge in [0.1, 0.15) is 18.5 Å². The van der Waals surface area contributed by atoms with Gasteiger partial charge in [0.05, 0.1) is 0 Å². The summed E-state index contributed by atoms with van der Waals surface area (Å²) in [5.41, 5.74) is 4.40. The second-order valence-corrected chi connectivity index (χ2v) is 8.37. The molecular weight excluding hydrogens is 395 g/mol. The molecular formula is C22H28Cl2N2O2. The van der Waals surface area contributed by atoms with E-state index in [1.165, 1.54) is 11.3 Å². The van der Waals surface area contributed by atoms with Crippen LogP contribution in [0.1, 0.15) is 16.7 Å². The van der Waals surface area contributed by atoms with E-state index in [1.807, 2.05) is 38.1 Å². The number of halogens is 2. The molecule has 1 atom stereocenters. The minimum atomic E-state index is -0.532. The molecule has 1 heterocycles. The summed E-state index contributed by atoms with van der Waals surface area (Å²) in [6.45, 7) is 10.6. The molecule has 2 aromatic rings. The molecule has 1 fully saturated rings. The van der Waals surface area contributed by atoms with Crippen LogP contribution in [-0.4, -0.2) is 55.4 Å². The van der Waals surface area contributed by atoms with Gasteiger partial charge in [-0.15, -0.1) is 0 Å². The third-order valence-corrected chi connectivity index (χ3v) is 6.04. The number of hydrogen-bond donors (Lipinski definition) is 1. The minimum absolute atomic E-state index is 0.272. The van der Waals surface area contributed by atoms with Crippen molar-refractivity contribution in [1.82, 2.24) is 4.90 Å². The van der Waals surface area contributed by atoms with E-state index in [0.717, 1.165) is 53.1 Å². The molecule has 28 heavy (non-hydrogen) atoms. The highest BCUT2D eigenvalue weighted by atomic mass is 35.5. The highest BCUT2D eigenvalue weighted by Crippen LogP contribution is 2.27. The van der Waals surface area contributed by atoms with Gasteiger partial charge < -0.3 is 14.7 Å². The molecule has 6 heteroatoms. The predicted octanol–water partition coefficient (Wildman–Crippen LogP) is 4.48. The monoisotopic (exact) mass is 422 g/mol. The number of benzene rings is 2. The maximum atomic E-state index is 10.4. The average molecular weight is 423 g/mol. The first kappa shape index (κ1) is 21.3. The first-order valence-electron chi connectivity index (χ1n) is 9.64. The summed E-state index contributed by atoms with van der Waals surface area (Å²) >= 11 is 12.3. The van der Waals surface area contributed by atoms with Crippen LogP contribution in [0.2, 0.25) is 10.0 Å². The topological polar surface area (TPSA) is 35.9 Å². The fourth-order valence-electron chi connectivity index (χ4n) is 3.63. The van der Waals surface area contributed by atoms with Crippen LogP contribution in [-0.2, 0) is 0 Å². The Labute approximate surface area is 177 Å². The van der Waals surface area contributed by atoms with Gasteiger partial charge in [0, 0.05) is 48.5 Å². The maximum Gasteiger partial charge on any atom is 0.120 e. The maximum absolute atomic E-state index is 10.4. The Kier molecular flexibility index (Phi) is 7.10. The summed E-state index contributed by atoms with van der Waals surface area (Å²) < 4.78 is 5.78. The first-order valence-corrected chi connectivity index (χ1v) is 10.4. The van der Waals surface area contributed by atoms with Gasteiger partial charge in [-0.05, 0) is 61.7 Å². The molecule has 152 valence electrons. The zero-order valence-electron chi connectivity index (χ0n) is 16.7. The number of β-amino-alcohol motifs (C(OH)–C–C–N with tert-alkyl or cyclic N) is 1. The molecule has 0 aromatic heterocycles. The summed E-state index contributed by atoms with van der Waals surface area (Å²) in [5.74, 6) is 0.750. The lowest BCUT2D eigenvalue weighted by Gasteiger charge is -2.37. The smallest absolute Gasteiger partial charge is 0.120 e. The number of aliphatic hydroxyl groups excluding tert-OH is 1. The fourth-order valence-corrected chi connectivity index (χ4v) is 3.90. The number of aliphatic hydroxyl groups is 1. The van der Waals surface area contributed by atoms with Crippen molar-refractivity contribution in [3.63, 3.8) is 0 Å². The van der Waals surface area contributed by atoms with E-state index in [0.29, 0.717) is 6.54 Å². The SMILES string of the molecule is Cc1ccc(Cl)cc1N1CCN(CC(O)COc2cc(C)c(Cl)c(C)c2)CC1. The van der Waals surface area contributed by atoms with E-state index in [4.69, 9.17) is 27.9 Å². The molecule has 1 aliphatic heterocycles. The Morgan fingerprint density at radius 3 is 2.25 bits per heavy atom. The molecule has 1 saturated heterocycles. The Bertz CT molecular complexity index is 797. The van der Waals surface area contributed by atoms with E-state index >= 15 is 0 Å². The molecule has 0 amide bonds. The number of nitrogens with zero attached hydrogens (tertiary/aromatic N) is 2. The lowest BCUT2D eigenvalue weighted by atomic mass is 10.1. The van der Waals surface area contributed by atoms with Crippen LogP contribution >= 0.6 is 23.2 Å². The molecule has 4 nitrogen and oxygen atoms in total. The van der Waals surface area contributed by atoms with Crippen molar-refractivity contribution >= 4 is 28.9 Å². The number of hydrogen-bond acceptors (Lipinski definition) is 4. The van der Waals surface area contributed by atoms with E-state index in [-0.39, 0.29) is 6.61 Å². The largest absolute Gasteiger partial charge is 0.491 e. The van der Waals surface area contributed by atoms with Gasteiger partial charge in [-0.25, -0.2) is 0 Å². The van der Waals surface area contributed by atoms with Crippen LogP contribution in [0.25, 0.3) is 0 Å². The van der Waals surface area contributed by atoms with E-state index in [2.05, 4.69) is 22.8 Å². The number of anilines is 1. The Morgan fingerprint density at radius 2 is 1.61 bits per heavy atom. The Morgan fingerprint density at radius 1 is 0.964 bits per heavy atom. The number of piperazine rings is 1. The average Bonchev–Trinajstić information content (AvgIpc) is 2.67. The molecule has 0 saturated carbocycles. The standard InChI is InChI=1S/C22H28Cl2N2O2/c1-15-4-5-18(23)12-21(15)26-8-6-25(7-9-26)13-19(27)14-28-20-10-16(2)22(24)17(3)11-20/h4-5,10-12,19,27H,6-9,13-14H2,1-3H3. The van der Waals surface area contributed by atoms with Crippen LogP contribution in [0, 0.1) is 20.8 Å². The van der Waals surface area contributed by atoms with Crippen LogP contribution in [0.4, 0.5) is 5.69 Å². The lowest BCUT2D eigenvalue weighted by Crippen LogP contribution is -2.49. The highest BCUT2D eigenvalue weighted by Gasteiger charge is 2.21. The molecule has 0 radical (unpaired) electrons. The number of aryl methyl sites for hydroxylation is 3. The minimum Gasteiger partial charge on any atom is -0.491 e. The van der Waals surface area contributed by atoms with Crippen molar-refractivity contribution in [2.75, 3.05) is 44.2 Å². The van der Waals surface area contributed by atoms with Gasteiger partial charge >= 0.3 is 0 Å². The number of rotatable bonds is 6. The second kappa shape index (κ2) is 9.36. The van der Waals surface area contributed by atoms with Crippen LogP contribution in [0.3, 0.4) is 0 Å². The summed E-state index contributed by atoms with van der Waals surface area (Å²) in [7, 11) is 0. The molecule has 1 N–H and O–H groups in total. The van der Waals surface area contributed by atoms with E-state index < -0.39 is 6.10 Å². The quantitative estimate of drug-likeness (QED) is 0.743. The van der Waals surface area contributed by atoms with Crippen molar-refractivity contribution in [3.8, 4) is 5.75 Å². The second-order valence-electron chi connectivity index (χ2n) is 7.55. The Balaban J connectivity index is 1.47. The fraction of sp³-hybridized carbons (Fsp3) is 0.455. The molecule has 0 aliphatic carbocycles. The molecule has 0 spiro atoms. The van der Waals surface area contributed by atoms with Crippen molar-refractivity contribution in [2.45, 2.75) is 26.9 Å². The van der Waals surface area contributed by atoms with E-state index in [1.54, 1.807) is 0 Å². The van der Waals surface area contributed by atoms with Crippen LogP contribution in [0.15, 0.2) is 30.3 Å². The summed E-state index contributed by atoms with van der Waals surface area (Å²) in [5, 5.41) is 11.9. The molecule has 1 unspecified atom stereocenters.